The number of aliphatic hydroxyl groups excluding tert-OH is 4. The van der Waals surface area contributed by atoms with Crippen molar-refractivity contribution in [1.29, 1.82) is 0 Å². The van der Waals surface area contributed by atoms with Crippen LogP contribution in [0.15, 0.2) is 72.2 Å². The fourth-order valence-corrected chi connectivity index (χ4v) is 2.85. The maximum absolute atomic E-state index is 11.6. The third kappa shape index (κ3) is 4.43. The molecule has 0 saturated heterocycles. The molecule has 0 aliphatic heterocycles. The molecule has 0 aliphatic carbocycles. The molecule has 12 heteroatoms. The van der Waals surface area contributed by atoms with Crippen molar-refractivity contribution in [1.82, 2.24) is 0 Å². The summed E-state index contributed by atoms with van der Waals surface area (Å²) in [6.45, 7) is 0. The van der Waals surface area contributed by atoms with E-state index in [4.69, 9.17) is 0 Å². The Labute approximate surface area is 180 Å². The third-order valence-electron chi connectivity index (χ3n) is 4.64. The van der Waals surface area contributed by atoms with Crippen LogP contribution in [0.2, 0.25) is 0 Å². The first kappa shape index (κ1) is 24.4. The molecule has 6 N–H and O–H groups in total. The van der Waals surface area contributed by atoms with Crippen LogP contribution in [0.25, 0.3) is 12.2 Å². The van der Waals surface area contributed by atoms with E-state index in [0.717, 1.165) is 6.08 Å². The lowest BCUT2D eigenvalue weighted by molar-refractivity contribution is -0.761. The Morgan fingerprint density at radius 2 is 1.25 bits per heavy atom. The van der Waals surface area contributed by atoms with E-state index in [9.17, 15) is 50.9 Å². The first-order chi connectivity index (χ1) is 15.0. The van der Waals surface area contributed by atoms with Gasteiger partial charge in [-0.3, -0.25) is 20.2 Å². The lowest BCUT2D eigenvalue weighted by Gasteiger charge is -2.33. The molecule has 2 rings (SSSR count). The molecule has 2 aromatic rings. The summed E-state index contributed by atoms with van der Waals surface area (Å²) in [4.78, 5) is 19.6. The number of nitro groups is 2. The predicted molar refractivity (Wildman–Crippen MR) is 110 cm³/mol. The van der Waals surface area contributed by atoms with Crippen LogP contribution >= 0.6 is 0 Å². The van der Waals surface area contributed by atoms with Gasteiger partial charge in [0.05, 0.1) is 9.85 Å². The highest BCUT2D eigenvalue weighted by atomic mass is 16.7. The number of benzene rings is 2. The normalized spacial score (nSPS) is 18.1. The van der Waals surface area contributed by atoms with Gasteiger partial charge in [0.1, 0.15) is 11.9 Å². The minimum absolute atomic E-state index is 0.0535. The van der Waals surface area contributed by atoms with Crippen LogP contribution in [-0.4, -0.2) is 64.1 Å². The van der Waals surface area contributed by atoms with Crippen molar-refractivity contribution in [3.05, 3.63) is 104 Å². The van der Waals surface area contributed by atoms with Crippen LogP contribution in [0.3, 0.4) is 0 Å². The van der Waals surface area contributed by atoms with Gasteiger partial charge in [0.25, 0.3) is 0 Å². The highest BCUT2D eigenvalue weighted by Gasteiger charge is 2.79. The Bertz CT molecular complexity index is 1030. The van der Waals surface area contributed by atoms with Gasteiger partial charge in [-0.2, -0.15) is 0 Å². The highest BCUT2D eigenvalue weighted by molar-refractivity contribution is 5.53. The van der Waals surface area contributed by atoms with E-state index in [0.29, 0.717) is 6.08 Å². The molecule has 32 heavy (non-hydrogen) atoms. The van der Waals surface area contributed by atoms with E-state index in [2.05, 4.69) is 0 Å². The SMILES string of the molecule is O=[N+]([O-])[C@](O)(C(O)=Cc1ccccc1)[C@@](O)([C@H](O)[C@H](O)C(O)=Cc1ccccc1)[N+](=O)[O-]. The van der Waals surface area contributed by atoms with Gasteiger partial charge in [-0.1, -0.05) is 60.7 Å². The van der Waals surface area contributed by atoms with Gasteiger partial charge in [-0.05, 0) is 23.3 Å². The molecule has 0 fully saturated rings. The molecule has 0 heterocycles. The van der Waals surface area contributed by atoms with Gasteiger partial charge < -0.3 is 30.6 Å². The van der Waals surface area contributed by atoms with E-state index >= 15 is 0 Å². The zero-order chi connectivity index (χ0) is 24.1. The van der Waals surface area contributed by atoms with Crippen LogP contribution in [-0.2, 0) is 0 Å². The average molecular weight is 448 g/mol. The Kier molecular flexibility index (Phi) is 7.28. The molecular formula is C20H20N2O10. The molecule has 0 amide bonds. The van der Waals surface area contributed by atoms with Crippen LogP contribution in [0.4, 0.5) is 0 Å². The van der Waals surface area contributed by atoms with Crippen molar-refractivity contribution in [2.45, 2.75) is 23.7 Å². The van der Waals surface area contributed by atoms with E-state index in [-0.39, 0.29) is 11.1 Å². The second-order valence-electron chi connectivity index (χ2n) is 6.72. The predicted octanol–water partition coefficient (Wildman–Crippen LogP) is 0.837. The fourth-order valence-electron chi connectivity index (χ4n) is 2.85. The molecule has 4 atom stereocenters. The van der Waals surface area contributed by atoms with Crippen molar-refractivity contribution < 1.29 is 40.5 Å². The summed E-state index contributed by atoms with van der Waals surface area (Å²) in [5.41, 5.74) is -8.39. The topological polar surface area (TPSA) is 208 Å². The van der Waals surface area contributed by atoms with Gasteiger partial charge in [-0.15, -0.1) is 0 Å². The van der Waals surface area contributed by atoms with Crippen LogP contribution in [0.5, 0.6) is 0 Å². The molecule has 0 unspecified atom stereocenters. The Morgan fingerprint density at radius 3 is 1.66 bits per heavy atom. The summed E-state index contributed by atoms with van der Waals surface area (Å²) in [5.74, 6) is -2.81. The molecule has 0 aromatic heterocycles. The number of nitrogens with zero attached hydrogens (tertiary/aromatic N) is 2. The lowest BCUT2D eigenvalue weighted by atomic mass is 9.87. The van der Waals surface area contributed by atoms with Crippen molar-refractivity contribution in [3.63, 3.8) is 0 Å². The fraction of sp³-hybridized carbons (Fsp3) is 0.200. The van der Waals surface area contributed by atoms with E-state index in [1.165, 1.54) is 36.4 Å². The smallest absolute Gasteiger partial charge is 0.479 e. The molecule has 0 radical (unpaired) electrons. The summed E-state index contributed by atoms with van der Waals surface area (Å²) >= 11 is 0. The lowest BCUT2D eigenvalue weighted by Crippen LogP contribution is -2.72. The van der Waals surface area contributed by atoms with Gasteiger partial charge in [0.15, 0.2) is 6.10 Å². The Hall–Kier alpha value is -3.84. The molecule has 0 bridgehead atoms. The van der Waals surface area contributed by atoms with Gasteiger partial charge >= 0.3 is 11.4 Å². The third-order valence-corrected chi connectivity index (χ3v) is 4.64. The van der Waals surface area contributed by atoms with Crippen molar-refractivity contribution >= 4 is 12.2 Å². The monoisotopic (exact) mass is 448 g/mol. The Morgan fingerprint density at radius 1 is 0.812 bits per heavy atom. The minimum atomic E-state index is -4.40. The van der Waals surface area contributed by atoms with Crippen LogP contribution in [0.1, 0.15) is 11.1 Å². The largest absolute Gasteiger partial charge is 0.509 e. The van der Waals surface area contributed by atoms with Gasteiger partial charge in [-0.25, -0.2) is 0 Å². The molecule has 0 spiro atoms. The number of hydrogen-bond acceptors (Lipinski definition) is 10. The van der Waals surface area contributed by atoms with Gasteiger partial charge in [0, 0.05) is 0 Å². The van der Waals surface area contributed by atoms with Crippen LogP contribution < -0.4 is 0 Å². The first-order valence-electron chi connectivity index (χ1n) is 8.98. The van der Waals surface area contributed by atoms with E-state index in [1.54, 1.807) is 24.3 Å². The highest BCUT2D eigenvalue weighted by Crippen LogP contribution is 2.36. The first-order valence-corrected chi connectivity index (χ1v) is 8.98. The van der Waals surface area contributed by atoms with Crippen molar-refractivity contribution in [2.24, 2.45) is 0 Å². The minimum Gasteiger partial charge on any atom is -0.509 e. The quantitative estimate of drug-likeness (QED) is 0.138. The molecule has 0 saturated carbocycles. The van der Waals surface area contributed by atoms with E-state index in [1.807, 2.05) is 0 Å². The summed E-state index contributed by atoms with van der Waals surface area (Å²) in [6.07, 6.45) is -4.39. The average Bonchev–Trinajstić information content (AvgIpc) is 2.77. The molecule has 170 valence electrons. The molecule has 0 aliphatic rings. The van der Waals surface area contributed by atoms with Crippen LogP contribution in [0, 0.1) is 20.2 Å². The molecule has 12 nitrogen and oxygen atoms in total. The maximum Gasteiger partial charge on any atom is 0.479 e. The maximum atomic E-state index is 11.6. The summed E-state index contributed by atoms with van der Waals surface area (Å²) in [6, 6.07) is 14.7. The number of hydrogen-bond donors (Lipinski definition) is 6. The Balaban J connectivity index is 2.57. The summed E-state index contributed by atoms with van der Waals surface area (Å²) in [5, 5.41) is 85.1. The molecule has 2 aromatic carbocycles. The van der Waals surface area contributed by atoms with Crippen molar-refractivity contribution in [2.75, 3.05) is 0 Å². The number of aliphatic hydroxyl groups is 6. The second-order valence-corrected chi connectivity index (χ2v) is 6.72. The van der Waals surface area contributed by atoms with Crippen molar-refractivity contribution in [3.8, 4) is 0 Å². The zero-order valence-corrected chi connectivity index (χ0v) is 16.3. The summed E-state index contributed by atoms with van der Waals surface area (Å²) in [7, 11) is 0. The van der Waals surface area contributed by atoms with E-state index < -0.39 is 45.0 Å². The zero-order valence-electron chi connectivity index (χ0n) is 16.3. The number of rotatable bonds is 9. The van der Waals surface area contributed by atoms with Gasteiger partial charge in [0.2, 0.25) is 5.76 Å². The molecular weight excluding hydrogens is 428 g/mol. The summed E-state index contributed by atoms with van der Waals surface area (Å²) < 4.78 is 0. The second kappa shape index (κ2) is 9.53. The standard InChI is InChI=1S/C20H20N2O10/c23-15(11-13-7-3-1-4-8-13)17(25)18(26)20(28,22(31)32)19(27,21(29)30)16(24)12-14-9-5-2-6-10-14/h1-12,17-18,23-28H/t17-,18-,19+,20+/m1/s1.